The monoisotopic (exact) mass is 268 g/mol. The van der Waals surface area contributed by atoms with Crippen molar-refractivity contribution in [3.8, 4) is 0 Å². The summed E-state index contributed by atoms with van der Waals surface area (Å²) in [5.74, 6) is -0.368. The molecule has 0 saturated carbocycles. The molecule has 0 atom stereocenters. The zero-order valence-corrected chi connectivity index (χ0v) is 12.3. The van der Waals surface area contributed by atoms with Gasteiger partial charge < -0.3 is 18.9 Å². The van der Waals surface area contributed by atoms with Gasteiger partial charge in [-0.1, -0.05) is 6.08 Å². The van der Waals surface area contributed by atoms with Crippen LogP contribution in [0.4, 0.5) is 0 Å². The molecular formula is C15H24O4. The highest BCUT2D eigenvalue weighted by atomic mass is 16.8. The summed E-state index contributed by atoms with van der Waals surface area (Å²) in [6.45, 7) is 9.75. The van der Waals surface area contributed by atoms with Gasteiger partial charge in [-0.2, -0.15) is 0 Å². The Bertz CT molecular complexity index is 375. The minimum absolute atomic E-state index is 0.219. The Morgan fingerprint density at radius 1 is 1.00 bits per heavy atom. The fourth-order valence-corrected chi connectivity index (χ4v) is 2.79. The quantitative estimate of drug-likeness (QED) is 0.685. The topological polar surface area (TPSA) is 36.9 Å². The largest absolute Gasteiger partial charge is 0.347 e. The maximum absolute atomic E-state index is 6.08. The molecule has 4 heteroatoms. The molecule has 0 N–H and O–H groups in total. The van der Waals surface area contributed by atoms with Crippen molar-refractivity contribution < 1.29 is 18.9 Å². The molecule has 0 radical (unpaired) electrons. The Balaban J connectivity index is 1.70. The van der Waals surface area contributed by atoms with Crippen LogP contribution < -0.4 is 0 Å². The van der Waals surface area contributed by atoms with Crippen LogP contribution in [-0.2, 0) is 18.9 Å². The van der Waals surface area contributed by atoms with Gasteiger partial charge in [0, 0.05) is 12.8 Å². The van der Waals surface area contributed by atoms with Gasteiger partial charge in [0.05, 0.1) is 24.4 Å². The lowest BCUT2D eigenvalue weighted by Gasteiger charge is -2.31. The Labute approximate surface area is 115 Å². The normalized spacial score (nSPS) is 32.7. The van der Waals surface area contributed by atoms with Crippen molar-refractivity contribution in [3.05, 3.63) is 11.6 Å². The van der Waals surface area contributed by atoms with Crippen LogP contribution in [0.5, 0.6) is 0 Å². The molecule has 1 aliphatic carbocycles. The first-order valence-corrected chi connectivity index (χ1v) is 7.16. The molecule has 3 aliphatic rings. The predicted molar refractivity (Wildman–Crippen MR) is 70.7 cm³/mol. The zero-order valence-electron chi connectivity index (χ0n) is 12.3. The first kappa shape index (κ1) is 13.6. The van der Waals surface area contributed by atoms with Crippen LogP contribution in [0.15, 0.2) is 11.6 Å². The number of hydrogen-bond donors (Lipinski definition) is 0. The second-order valence-electron chi connectivity index (χ2n) is 6.68. The van der Waals surface area contributed by atoms with Crippen LogP contribution in [-0.4, -0.2) is 36.5 Å². The fraction of sp³-hybridized carbons (Fsp3) is 0.867. The molecule has 4 nitrogen and oxygen atoms in total. The summed E-state index contributed by atoms with van der Waals surface area (Å²) in [7, 11) is 0. The van der Waals surface area contributed by atoms with Crippen LogP contribution >= 0.6 is 0 Å². The smallest absolute Gasteiger partial charge is 0.181 e. The third kappa shape index (κ3) is 2.25. The summed E-state index contributed by atoms with van der Waals surface area (Å²) in [6.07, 6.45) is 4.56. The van der Waals surface area contributed by atoms with Gasteiger partial charge in [0.1, 0.15) is 0 Å². The summed E-state index contributed by atoms with van der Waals surface area (Å²) in [4.78, 5) is 0. The second kappa shape index (κ2) is 4.29. The van der Waals surface area contributed by atoms with Gasteiger partial charge >= 0.3 is 0 Å². The molecule has 0 unspecified atom stereocenters. The fourth-order valence-electron chi connectivity index (χ4n) is 2.79. The summed E-state index contributed by atoms with van der Waals surface area (Å²) in [5, 5.41) is 0. The molecule has 2 heterocycles. The van der Waals surface area contributed by atoms with E-state index >= 15 is 0 Å². The van der Waals surface area contributed by atoms with Crippen molar-refractivity contribution in [2.45, 2.75) is 70.2 Å². The lowest BCUT2D eigenvalue weighted by molar-refractivity contribution is -0.164. The molecule has 0 amide bonds. The van der Waals surface area contributed by atoms with Crippen molar-refractivity contribution >= 4 is 0 Å². The molecule has 3 rings (SSSR count). The molecule has 0 aromatic carbocycles. The van der Waals surface area contributed by atoms with E-state index in [4.69, 9.17) is 18.9 Å². The van der Waals surface area contributed by atoms with Gasteiger partial charge in [-0.05, 0) is 39.7 Å². The van der Waals surface area contributed by atoms with Gasteiger partial charge in [-0.15, -0.1) is 0 Å². The number of ether oxygens (including phenoxy) is 4. The van der Waals surface area contributed by atoms with Crippen LogP contribution in [0.3, 0.4) is 0 Å². The lowest BCUT2D eigenvalue weighted by Crippen LogP contribution is -2.41. The molecule has 19 heavy (non-hydrogen) atoms. The molecular weight excluding hydrogens is 244 g/mol. The molecule has 108 valence electrons. The minimum Gasteiger partial charge on any atom is -0.347 e. The average Bonchev–Trinajstić information content (AvgIpc) is 2.84. The van der Waals surface area contributed by atoms with Crippen molar-refractivity contribution in [2.75, 3.05) is 13.2 Å². The van der Waals surface area contributed by atoms with Crippen molar-refractivity contribution in [3.63, 3.8) is 0 Å². The van der Waals surface area contributed by atoms with Gasteiger partial charge in [0.15, 0.2) is 12.1 Å². The van der Waals surface area contributed by atoms with Crippen LogP contribution in [0.2, 0.25) is 0 Å². The maximum atomic E-state index is 6.08. The average molecular weight is 268 g/mol. The highest BCUT2D eigenvalue weighted by Crippen LogP contribution is 2.44. The molecule has 0 aromatic heterocycles. The van der Waals surface area contributed by atoms with E-state index in [-0.39, 0.29) is 23.3 Å². The molecule has 2 saturated heterocycles. The second-order valence-corrected chi connectivity index (χ2v) is 6.68. The maximum Gasteiger partial charge on any atom is 0.181 e. The predicted octanol–water partition coefficient (Wildman–Crippen LogP) is 2.77. The highest BCUT2D eigenvalue weighted by molar-refractivity contribution is 5.15. The third-order valence-corrected chi connectivity index (χ3v) is 4.84. The van der Waals surface area contributed by atoms with Crippen molar-refractivity contribution in [2.24, 2.45) is 0 Å². The van der Waals surface area contributed by atoms with E-state index in [1.807, 2.05) is 0 Å². The Hall–Kier alpha value is -0.420. The summed E-state index contributed by atoms with van der Waals surface area (Å²) in [5.41, 5.74) is 0.686. The molecule has 2 aliphatic heterocycles. The van der Waals surface area contributed by atoms with E-state index in [2.05, 4.69) is 33.8 Å². The van der Waals surface area contributed by atoms with E-state index in [0.717, 1.165) is 19.3 Å². The third-order valence-electron chi connectivity index (χ3n) is 4.84. The van der Waals surface area contributed by atoms with Gasteiger partial charge in [-0.3, -0.25) is 0 Å². The van der Waals surface area contributed by atoms with E-state index in [1.54, 1.807) is 0 Å². The van der Waals surface area contributed by atoms with Gasteiger partial charge in [-0.25, -0.2) is 0 Å². The van der Waals surface area contributed by atoms with Crippen molar-refractivity contribution in [1.82, 2.24) is 0 Å². The minimum atomic E-state index is -0.368. The standard InChI is InChI=1S/C15H24O4/c1-13(2)14(3,4)19-12(18-13)11-5-7-15(8-6-11)16-9-10-17-15/h5,12H,6-10H2,1-4H3. The van der Waals surface area contributed by atoms with Crippen LogP contribution in [0.1, 0.15) is 47.0 Å². The molecule has 2 fully saturated rings. The highest BCUT2D eigenvalue weighted by Gasteiger charge is 2.51. The Morgan fingerprint density at radius 2 is 1.58 bits per heavy atom. The SMILES string of the molecule is CC1(C)OC(C2=CCC3(CC2)OCCO3)OC1(C)C. The summed E-state index contributed by atoms with van der Waals surface area (Å²) < 4.78 is 23.6. The summed E-state index contributed by atoms with van der Waals surface area (Å²) >= 11 is 0. The van der Waals surface area contributed by atoms with Crippen LogP contribution in [0, 0.1) is 0 Å². The van der Waals surface area contributed by atoms with E-state index in [9.17, 15) is 0 Å². The number of hydrogen-bond acceptors (Lipinski definition) is 4. The Kier molecular flexibility index (Phi) is 3.06. The van der Waals surface area contributed by atoms with Gasteiger partial charge in [0.2, 0.25) is 0 Å². The number of rotatable bonds is 1. The first-order valence-electron chi connectivity index (χ1n) is 7.16. The molecule has 0 bridgehead atoms. The van der Waals surface area contributed by atoms with E-state index < -0.39 is 0 Å². The zero-order chi connectivity index (χ0) is 13.7. The molecule has 1 spiro atoms. The lowest BCUT2D eigenvalue weighted by atomic mass is 9.90. The first-order chi connectivity index (χ1) is 8.84. The van der Waals surface area contributed by atoms with E-state index in [0.29, 0.717) is 13.2 Å². The summed E-state index contributed by atoms with van der Waals surface area (Å²) in [6, 6.07) is 0. The van der Waals surface area contributed by atoms with Crippen LogP contribution in [0.25, 0.3) is 0 Å². The molecule has 0 aromatic rings. The van der Waals surface area contributed by atoms with Gasteiger partial charge in [0.25, 0.3) is 0 Å². The van der Waals surface area contributed by atoms with E-state index in [1.165, 1.54) is 5.57 Å². The Morgan fingerprint density at radius 3 is 2.05 bits per heavy atom. The van der Waals surface area contributed by atoms with Crippen molar-refractivity contribution in [1.29, 1.82) is 0 Å².